The van der Waals surface area contributed by atoms with Crippen LogP contribution in [0.5, 0.6) is 0 Å². The quantitative estimate of drug-likeness (QED) is 0.811. The van der Waals surface area contributed by atoms with Crippen molar-refractivity contribution in [3.05, 3.63) is 59.2 Å². The van der Waals surface area contributed by atoms with E-state index < -0.39 is 0 Å². The van der Waals surface area contributed by atoms with Crippen LogP contribution < -0.4 is 0 Å². The highest BCUT2D eigenvalue weighted by atomic mass is 16.3. The van der Waals surface area contributed by atoms with Gasteiger partial charge in [-0.2, -0.15) is 0 Å². The van der Waals surface area contributed by atoms with Gasteiger partial charge in [0.25, 0.3) is 0 Å². The van der Waals surface area contributed by atoms with Crippen molar-refractivity contribution < 1.29 is 4.42 Å². The topological polar surface area (TPSA) is 16.4 Å². The molecule has 0 aromatic carbocycles. The SMILES string of the molecule is CC(C)C1C2=CC=CC2=C(N(C)C)C[C@H]1c1ccco1. The van der Waals surface area contributed by atoms with Crippen molar-refractivity contribution in [3.63, 3.8) is 0 Å². The fourth-order valence-corrected chi connectivity index (χ4v) is 3.68. The zero-order valence-electron chi connectivity index (χ0n) is 12.8. The highest BCUT2D eigenvalue weighted by Gasteiger charge is 2.38. The van der Waals surface area contributed by atoms with E-state index in [-0.39, 0.29) is 0 Å². The molecular formula is C18H23NO. The van der Waals surface area contributed by atoms with Gasteiger partial charge in [-0.1, -0.05) is 32.1 Å². The monoisotopic (exact) mass is 269 g/mol. The van der Waals surface area contributed by atoms with E-state index in [1.165, 1.54) is 16.8 Å². The third-order valence-electron chi connectivity index (χ3n) is 4.53. The molecule has 2 heteroatoms. The van der Waals surface area contributed by atoms with Crippen LogP contribution in [0.2, 0.25) is 0 Å². The first kappa shape index (κ1) is 13.3. The summed E-state index contributed by atoms with van der Waals surface area (Å²) in [5.74, 6) is 2.71. The van der Waals surface area contributed by atoms with Crippen molar-refractivity contribution in [1.82, 2.24) is 4.90 Å². The second-order valence-corrected chi connectivity index (χ2v) is 6.33. The molecule has 0 amide bonds. The van der Waals surface area contributed by atoms with E-state index in [4.69, 9.17) is 4.42 Å². The van der Waals surface area contributed by atoms with Crippen molar-refractivity contribution in [2.75, 3.05) is 14.1 Å². The Morgan fingerprint density at radius 1 is 1.30 bits per heavy atom. The molecule has 0 bridgehead atoms. The van der Waals surface area contributed by atoms with Crippen molar-refractivity contribution in [1.29, 1.82) is 0 Å². The molecule has 1 heterocycles. The van der Waals surface area contributed by atoms with Crippen LogP contribution in [0.3, 0.4) is 0 Å². The van der Waals surface area contributed by atoms with Gasteiger partial charge >= 0.3 is 0 Å². The number of hydrogen-bond donors (Lipinski definition) is 0. The molecule has 1 unspecified atom stereocenters. The van der Waals surface area contributed by atoms with E-state index in [1.807, 2.05) is 6.07 Å². The zero-order chi connectivity index (χ0) is 14.3. The molecule has 20 heavy (non-hydrogen) atoms. The molecule has 106 valence electrons. The molecule has 1 aromatic heterocycles. The summed E-state index contributed by atoms with van der Waals surface area (Å²) in [5, 5.41) is 0. The maximum Gasteiger partial charge on any atom is 0.107 e. The predicted molar refractivity (Wildman–Crippen MR) is 82.3 cm³/mol. The first-order valence-corrected chi connectivity index (χ1v) is 7.42. The summed E-state index contributed by atoms with van der Waals surface area (Å²) < 4.78 is 5.74. The molecule has 2 atom stereocenters. The minimum Gasteiger partial charge on any atom is -0.469 e. The van der Waals surface area contributed by atoms with Gasteiger partial charge < -0.3 is 9.32 Å². The fraction of sp³-hybridized carbons (Fsp3) is 0.444. The normalized spacial score (nSPS) is 25.1. The Kier molecular flexibility index (Phi) is 3.33. The lowest BCUT2D eigenvalue weighted by molar-refractivity contribution is 0.294. The molecule has 2 aliphatic rings. The Balaban J connectivity index is 2.09. The lowest BCUT2D eigenvalue weighted by Crippen LogP contribution is -2.29. The Bertz CT molecular complexity index is 573. The van der Waals surface area contributed by atoms with Gasteiger partial charge in [0.1, 0.15) is 5.76 Å². The summed E-state index contributed by atoms with van der Waals surface area (Å²) in [6.07, 6.45) is 9.59. The molecule has 0 aliphatic heterocycles. The summed E-state index contributed by atoms with van der Waals surface area (Å²) >= 11 is 0. The van der Waals surface area contributed by atoms with Crippen LogP contribution in [0.4, 0.5) is 0 Å². The third kappa shape index (κ3) is 2.04. The third-order valence-corrected chi connectivity index (χ3v) is 4.53. The van der Waals surface area contributed by atoms with Crippen LogP contribution in [0.25, 0.3) is 0 Å². The lowest BCUT2D eigenvalue weighted by atomic mass is 9.69. The van der Waals surface area contributed by atoms with Gasteiger partial charge in [0.15, 0.2) is 0 Å². The summed E-state index contributed by atoms with van der Waals surface area (Å²) in [7, 11) is 4.28. The lowest BCUT2D eigenvalue weighted by Gasteiger charge is -2.38. The highest BCUT2D eigenvalue weighted by Crippen LogP contribution is 2.49. The van der Waals surface area contributed by atoms with Crippen molar-refractivity contribution in [2.24, 2.45) is 11.8 Å². The zero-order valence-corrected chi connectivity index (χ0v) is 12.8. The van der Waals surface area contributed by atoms with Gasteiger partial charge in [0.05, 0.1) is 6.26 Å². The molecule has 0 spiro atoms. The Morgan fingerprint density at radius 3 is 2.70 bits per heavy atom. The van der Waals surface area contributed by atoms with E-state index in [0.717, 1.165) is 12.2 Å². The van der Waals surface area contributed by atoms with Crippen molar-refractivity contribution in [3.8, 4) is 0 Å². The molecule has 0 saturated carbocycles. The Morgan fingerprint density at radius 2 is 2.10 bits per heavy atom. The molecule has 0 saturated heterocycles. The summed E-state index contributed by atoms with van der Waals surface area (Å²) in [6.45, 7) is 4.64. The number of nitrogens with zero attached hydrogens (tertiary/aromatic N) is 1. The van der Waals surface area contributed by atoms with Crippen LogP contribution in [0, 0.1) is 11.8 Å². The van der Waals surface area contributed by atoms with Gasteiger partial charge in [-0.05, 0) is 41.5 Å². The molecule has 2 aliphatic carbocycles. The summed E-state index contributed by atoms with van der Waals surface area (Å²) in [4.78, 5) is 2.26. The minimum absolute atomic E-state index is 0.442. The van der Waals surface area contributed by atoms with Crippen LogP contribution in [0.15, 0.2) is 57.9 Å². The number of fused-ring (bicyclic) bond motifs is 1. The van der Waals surface area contributed by atoms with Crippen LogP contribution >= 0.6 is 0 Å². The summed E-state index contributed by atoms with van der Waals surface area (Å²) in [5.41, 5.74) is 4.33. The minimum atomic E-state index is 0.442. The van der Waals surface area contributed by atoms with Crippen LogP contribution in [-0.2, 0) is 0 Å². The second kappa shape index (κ2) is 5.01. The second-order valence-electron chi connectivity index (χ2n) is 6.33. The fourth-order valence-electron chi connectivity index (χ4n) is 3.68. The van der Waals surface area contributed by atoms with Gasteiger partial charge in [-0.15, -0.1) is 0 Å². The maximum atomic E-state index is 5.74. The number of rotatable bonds is 3. The number of hydrogen-bond acceptors (Lipinski definition) is 2. The van der Waals surface area contributed by atoms with Gasteiger partial charge in [0, 0.05) is 25.7 Å². The first-order valence-electron chi connectivity index (χ1n) is 7.42. The van der Waals surface area contributed by atoms with Gasteiger partial charge in [-0.3, -0.25) is 0 Å². The molecule has 1 aromatic rings. The smallest absolute Gasteiger partial charge is 0.107 e. The average Bonchev–Trinajstić information content (AvgIpc) is 3.07. The average molecular weight is 269 g/mol. The van der Waals surface area contributed by atoms with E-state index in [2.05, 4.69) is 57.1 Å². The molecule has 0 fully saturated rings. The van der Waals surface area contributed by atoms with E-state index in [9.17, 15) is 0 Å². The van der Waals surface area contributed by atoms with Gasteiger partial charge in [0.2, 0.25) is 0 Å². The molecule has 2 nitrogen and oxygen atoms in total. The maximum absolute atomic E-state index is 5.74. The Hall–Kier alpha value is -1.70. The van der Waals surface area contributed by atoms with Crippen LogP contribution in [0.1, 0.15) is 31.9 Å². The van der Waals surface area contributed by atoms with E-state index in [1.54, 1.807) is 6.26 Å². The molecule has 3 rings (SSSR count). The van der Waals surface area contributed by atoms with Crippen molar-refractivity contribution >= 4 is 0 Å². The standard InChI is InChI=1S/C18H23NO/c1-12(2)18-14-8-5-7-13(14)16(19(3)4)11-15(18)17-9-6-10-20-17/h5-10,12,15,18H,11H2,1-4H3/t15-,18?/m0/s1. The molecular weight excluding hydrogens is 246 g/mol. The Labute approximate surface area is 121 Å². The largest absolute Gasteiger partial charge is 0.469 e. The van der Waals surface area contributed by atoms with Gasteiger partial charge in [-0.25, -0.2) is 0 Å². The predicted octanol–water partition coefficient (Wildman–Crippen LogP) is 4.35. The summed E-state index contributed by atoms with van der Waals surface area (Å²) in [6, 6.07) is 4.13. The number of furan rings is 1. The van der Waals surface area contributed by atoms with Crippen LogP contribution in [-0.4, -0.2) is 19.0 Å². The number of allylic oxidation sites excluding steroid dienone is 6. The van der Waals surface area contributed by atoms with E-state index in [0.29, 0.717) is 17.8 Å². The molecule has 0 radical (unpaired) electrons. The first-order chi connectivity index (χ1) is 9.59. The molecule has 0 N–H and O–H groups in total. The van der Waals surface area contributed by atoms with E-state index >= 15 is 0 Å². The van der Waals surface area contributed by atoms with Crippen molar-refractivity contribution in [2.45, 2.75) is 26.2 Å². The highest BCUT2D eigenvalue weighted by molar-refractivity contribution is 5.55.